The van der Waals surface area contributed by atoms with E-state index in [0.717, 1.165) is 24.2 Å². The number of nitrogens with two attached hydrogens (primary N) is 1. The van der Waals surface area contributed by atoms with Crippen LogP contribution in [0.2, 0.25) is 0 Å². The Morgan fingerprint density at radius 2 is 1.62 bits per heavy atom. The number of nitro groups is 1. The maximum absolute atomic E-state index is 10.6. The summed E-state index contributed by atoms with van der Waals surface area (Å²) in [7, 11) is 0. The number of hydrogen-bond donors (Lipinski definition) is 1. The average molecular weight is 286 g/mol. The van der Waals surface area contributed by atoms with Crippen LogP contribution in [0, 0.1) is 10.1 Å². The van der Waals surface area contributed by atoms with Gasteiger partial charge in [0.2, 0.25) is 0 Å². The summed E-state index contributed by atoms with van der Waals surface area (Å²) >= 11 is 0. The molecule has 0 aliphatic carbocycles. The molecule has 2 rings (SSSR count). The van der Waals surface area contributed by atoms with Gasteiger partial charge in [-0.3, -0.25) is 10.1 Å². The Bertz CT molecular complexity index is 579. The van der Waals surface area contributed by atoms with Crippen molar-refractivity contribution in [1.29, 1.82) is 0 Å². The summed E-state index contributed by atoms with van der Waals surface area (Å²) in [6.45, 7) is 1.08. The Morgan fingerprint density at radius 3 is 2.19 bits per heavy atom. The first-order valence-electron chi connectivity index (χ1n) is 6.84. The largest absolute Gasteiger partial charge is 0.489 e. The first kappa shape index (κ1) is 15.0. The minimum absolute atomic E-state index is 0.0861. The topological polar surface area (TPSA) is 78.4 Å². The molecule has 0 aliphatic heterocycles. The van der Waals surface area contributed by atoms with Crippen LogP contribution in [0.5, 0.6) is 5.75 Å². The van der Waals surface area contributed by atoms with Gasteiger partial charge in [-0.05, 0) is 54.8 Å². The van der Waals surface area contributed by atoms with E-state index in [2.05, 4.69) is 0 Å². The molecule has 0 aliphatic rings. The number of nitro benzene ring substituents is 1. The Balaban J connectivity index is 1.88. The van der Waals surface area contributed by atoms with Crippen LogP contribution >= 0.6 is 0 Å². The molecule has 0 atom stereocenters. The number of rotatable bonds is 7. The van der Waals surface area contributed by atoms with E-state index in [4.69, 9.17) is 10.5 Å². The maximum Gasteiger partial charge on any atom is 0.269 e. The lowest BCUT2D eigenvalue weighted by Gasteiger charge is -2.07. The molecule has 2 N–H and O–H groups in total. The quantitative estimate of drug-likeness (QED) is 0.626. The van der Waals surface area contributed by atoms with Crippen molar-refractivity contribution in [3.05, 3.63) is 69.8 Å². The highest BCUT2D eigenvalue weighted by molar-refractivity contribution is 5.33. The molecular formula is C16H18N2O3. The van der Waals surface area contributed by atoms with E-state index in [1.54, 1.807) is 12.1 Å². The van der Waals surface area contributed by atoms with E-state index in [0.29, 0.717) is 13.2 Å². The fourth-order valence-electron chi connectivity index (χ4n) is 1.94. The average Bonchev–Trinajstić information content (AvgIpc) is 2.52. The minimum atomic E-state index is -0.412. The highest BCUT2D eigenvalue weighted by Gasteiger charge is 2.04. The van der Waals surface area contributed by atoms with Crippen molar-refractivity contribution in [2.24, 2.45) is 5.73 Å². The zero-order valence-corrected chi connectivity index (χ0v) is 11.7. The van der Waals surface area contributed by atoms with E-state index in [1.807, 2.05) is 24.3 Å². The van der Waals surface area contributed by atoms with Gasteiger partial charge in [0.15, 0.2) is 0 Å². The van der Waals surface area contributed by atoms with Crippen LogP contribution in [0.15, 0.2) is 48.5 Å². The predicted octanol–water partition coefficient (Wildman–Crippen LogP) is 3.07. The van der Waals surface area contributed by atoms with E-state index in [-0.39, 0.29) is 5.69 Å². The third kappa shape index (κ3) is 4.57. The summed E-state index contributed by atoms with van der Waals surface area (Å²) in [6.07, 6.45) is 1.95. The highest BCUT2D eigenvalue weighted by atomic mass is 16.6. The Morgan fingerprint density at radius 1 is 1.00 bits per heavy atom. The molecule has 0 spiro atoms. The maximum atomic E-state index is 10.6. The van der Waals surface area contributed by atoms with E-state index in [9.17, 15) is 10.1 Å². The second-order valence-corrected chi connectivity index (χ2v) is 4.75. The zero-order valence-electron chi connectivity index (χ0n) is 11.7. The molecule has 0 aromatic heterocycles. The number of hydrogen-bond acceptors (Lipinski definition) is 4. The summed E-state index contributed by atoms with van der Waals surface area (Å²) in [5.74, 6) is 0.782. The Labute approximate surface area is 123 Å². The molecule has 0 fully saturated rings. The molecule has 2 aromatic rings. The van der Waals surface area contributed by atoms with Gasteiger partial charge in [-0.15, -0.1) is 0 Å². The van der Waals surface area contributed by atoms with Crippen molar-refractivity contribution in [3.63, 3.8) is 0 Å². The number of ether oxygens (including phenoxy) is 1. The van der Waals surface area contributed by atoms with Crippen molar-refractivity contribution >= 4 is 5.69 Å². The van der Waals surface area contributed by atoms with Crippen molar-refractivity contribution in [2.45, 2.75) is 19.4 Å². The second kappa shape index (κ2) is 7.40. The first-order chi connectivity index (χ1) is 10.2. The molecule has 0 saturated heterocycles. The summed E-state index contributed by atoms with van der Waals surface area (Å²) in [4.78, 5) is 10.2. The van der Waals surface area contributed by atoms with E-state index >= 15 is 0 Å². The molecule has 5 nitrogen and oxygen atoms in total. The number of nitrogens with zero attached hydrogens (tertiary/aromatic N) is 1. The summed E-state index contributed by atoms with van der Waals surface area (Å²) < 4.78 is 5.66. The molecular weight excluding hydrogens is 268 g/mol. The van der Waals surface area contributed by atoms with Gasteiger partial charge in [0, 0.05) is 12.1 Å². The summed E-state index contributed by atoms with van der Waals surface area (Å²) in [5.41, 5.74) is 7.70. The summed E-state index contributed by atoms with van der Waals surface area (Å²) in [6, 6.07) is 14.3. The molecule has 21 heavy (non-hydrogen) atoms. The van der Waals surface area contributed by atoms with Gasteiger partial charge in [0.05, 0.1) is 4.92 Å². The van der Waals surface area contributed by atoms with Crippen LogP contribution in [0.4, 0.5) is 5.69 Å². The normalized spacial score (nSPS) is 10.3. The van der Waals surface area contributed by atoms with Gasteiger partial charge >= 0.3 is 0 Å². The van der Waals surface area contributed by atoms with E-state index < -0.39 is 4.92 Å². The molecule has 0 saturated carbocycles. The third-order valence-electron chi connectivity index (χ3n) is 3.15. The predicted molar refractivity (Wildman–Crippen MR) is 81.2 cm³/mol. The van der Waals surface area contributed by atoms with Crippen molar-refractivity contribution in [2.75, 3.05) is 6.54 Å². The van der Waals surface area contributed by atoms with Crippen LogP contribution in [-0.4, -0.2) is 11.5 Å². The Kier molecular flexibility index (Phi) is 5.29. The molecule has 110 valence electrons. The monoisotopic (exact) mass is 286 g/mol. The van der Waals surface area contributed by atoms with Gasteiger partial charge < -0.3 is 10.5 Å². The molecule has 0 bridgehead atoms. The SMILES string of the molecule is NCCCc1ccc(OCc2ccc([N+](=O)[O-])cc2)cc1. The van der Waals surface area contributed by atoms with Gasteiger partial charge in [-0.2, -0.15) is 0 Å². The van der Waals surface area contributed by atoms with Crippen molar-refractivity contribution < 1.29 is 9.66 Å². The standard InChI is InChI=1S/C16H18N2O3/c17-11-1-2-13-5-9-16(10-6-13)21-12-14-3-7-15(8-4-14)18(19)20/h3-10H,1-2,11-12,17H2. The fraction of sp³-hybridized carbons (Fsp3) is 0.250. The smallest absolute Gasteiger partial charge is 0.269 e. The zero-order chi connectivity index (χ0) is 15.1. The van der Waals surface area contributed by atoms with E-state index in [1.165, 1.54) is 17.7 Å². The van der Waals surface area contributed by atoms with Crippen LogP contribution in [0.3, 0.4) is 0 Å². The van der Waals surface area contributed by atoms with Gasteiger partial charge in [-0.1, -0.05) is 12.1 Å². The lowest BCUT2D eigenvalue weighted by atomic mass is 10.1. The van der Waals surface area contributed by atoms with Crippen LogP contribution < -0.4 is 10.5 Å². The second-order valence-electron chi connectivity index (χ2n) is 4.75. The van der Waals surface area contributed by atoms with Crippen LogP contribution in [-0.2, 0) is 13.0 Å². The van der Waals surface area contributed by atoms with Gasteiger partial charge in [0.1, 0.15) is 12.4 Å². The molecule has 0 radical (unpaired) electrons. The lowest BCUT2D eigenvalue weighted by molar-refractivity contribution is -0.384. The van der Waals surface area contributed by atoms with Gasteiger partial charge in [-0.25, -0.2) is 0 Å². The van der Waals surface area contributed by atoms with Gasteiger partial charge in [0.25, 0.3) is 5.69 Å². The molecule has 0 heterocycles. The highest BCUT2D eigenvalue weighted by Crippen LogP contribution is 2.17. The molecule has 0 amide bonds. The van der Waals surface area contributed by atoms with Crippen LogP contribution in [0.1, 0.15) is 17.5 Å². The lowest BCUT2D eigenvalue weighted by Crippen LogP contribution is -2.00. The Hall–Kier alpha value is -2.40. The minimum Gasteiger partial charge on any atom is -0.489 e. The third-order valence-corrected chi connectivity index (χ3v) is 3.15. The van der Waals surface area contributed by atoms with Crippen molar-refractivity contribution in [3.8, 4) is 5.75 Å². The van der Waals surface area contributed by atoms with Crippen molar-refractivity contribution in [1.82, 2.24) is 0 Å². The molecule has 5 heteroatoms. The first-order valence-corrected chi connectivity index (χ1v) is 6.84. The molecule has 2 aromatic carbocycles. The van der Waals surface area contributed by atoms with Crippen LogP contribution in [0.25, 0.3) is 0 Å². The summed E-state index contributed by atoms with van der Waals surface area (Å²) in [5, 5.41) is 10.6. The number of non-ortho nitro benzene ring substituents is 1. The molecule has 0 unspecified atom stereocenters. The fourth-order valence-corrected chi connectivity index (χ4v) is 1.94. The number of benzene rings is 2. The number of aryl methyl sites for hydroxylation is 1.